The van der Waals surface area contributed by atoms with E-state index in [0.717, 1.165) is 24.3 Å². The van der Waals surface area contributed by atoms with E-state index in [4.69, 9.17) is 0 Å². The fourth-order valence-electron chi connectivity index (χ4n) is 2.43. The summed E-state index contributed by atoms with van der Waals surface area (Å²) in [6.07, 6.45) is 3.12. The van der Waals surface area contributed by atoms with Gasteiger partial charge < -0.3 is 15.4 Å². The zero-order valence-electron chi connectivity index (χ0n) is 6.98. The van der Waals surface area contributed by atoms with Crippen molar-refractivity contribution in [3.8, 4) is 0 Å². The van der Waals surface area contributed by atoms with Gasteiger partial charge >= 0.3 is 0 Å². The number of aliphatic hydroxyl groups is 2. The highest BCUT2D eigenvalue weighted by Gasteiger charge is 2.52. The lowest BCUT2D eigenvalue weighted by Crippen LogP contribution is -2.49. The highest BCUT2D eigenvalue weighted by Crippen LogP contribution is 2.44. The van der Waals surface area contributed by atoms with Crippen molar-refractivity contribution in [1.82, 2.24) is 5.06 Å². The van der Waals surface area contributed by atoms with Gasteiger partial charge in [0.05, 0.1) is 0 Å². The number of fused-ring (bicyclic) bond motifs is 1. The first-order chi connectivity index (χ1) is 5.64. The second-order valence-electron chi connectivity index (χ2n) is 3.88. The van der Waals surface area contributed by atoms with E-state index >= 15 is 0 Å². The van der Waals surface area contributed by atoms with Crippen molar-refractivity contribution in [3.63, 3.8) is 0 Å². The predicted molar refractivity (Wildman–Crippen MR) is 41.2 cm³/mol. The molecule has 2 aliphatic rings. The molecule has 0 aromatic carbocycles. The van der Waals surface area contributed by atoms with Gasteiger partial charge in [0.15, 0.2) is 0 Å². The summed E-state index contributed by atoms with van der Waals surface area (Å²) in [5, 5.41) is 29.4. The predicted octanol–water partition coefficient (Wildman–Crippen LogP) is 0.279. The quantitative estimate of drug-likeness (QED) is 0.492. The molecule has 0 bridgehead atoms. The van der Waals surface area contributed by atoms with Gasteiger partial charge in [-0.25, -0.2) is 0 Å². The Bertz CT molecular complexity index is 187. The molecular weight excluding hydrogens is 158 g/mol. The normalized spacial score (nSPS) is 49.2. The third-order valence-electron chi connectivity index (χ3n) is 3.18. The molecule has 70 valence electrons. The monoisotopic (exact) mass is 173 g/mol. The molecule has 1 aliphatic carbocycles. The third kappa shape index (κ3) is 0.992. The highest BCUT2D eigenvalue weighted by atomic mass is 16.6. The zero-order valence-corrected chi connectivity index (χ0v) is 6.98. The Balaban J connectivity index is 2.20. The van der Waals surface area contributed by atoms with Crippen LogP contribution in [0.2, 0.25) is 0 Å². The Hall–Kier alpha value is -0.160. The summed E-state index contributed by atoms with van der Waals surface area (Å²) in [4.78, 5) is 0. The fourth-order valence-corrected chi connectivity index (χ4v) is 2.43. The maximum Gasteiger partial charge on any atom is 0.146 e. The summed E-state index contributed by atoms with van der Waals surface area (Å²) in [5.41, 5.74) is -1.14. The largest absolute Gasteiger partial charge is 0.376 e. The van der Waals surface area contributed by atoms with Gasteiger partial charge in [-0.1, -0.05) is 6.42 Å². The molecule has 1 aliphatic heterocycles. The number of hydrogen-bond donors (Lipinski definition) is 3. The van der Waals surface area contributed by atoms with Crippen LogP contribution in [0, 0.1) is 5.92 Å². The molecule has 3 N–H and O–H groups in total. The minimum Gasteiger partial charge on any atom is -0.376 e. The molecule has 2 rings (SSSR count). The molecule has 3 atom stereocenters. The second-order valence-corrected chi connectivity index (χ2v) is 3.88. The molecule has 4 nitrogen and oxygen atoms in total. The maximum absolute atomic E-state index is 9.97. The lowest BCUT2D eigenvalue weighted by Gasteiger charge is -2.37. The molecular formula is C8H15NO3. The van der Waals surface area contributed by atoms with Crippen LogP contribution in [0.4, 0.5) is 0 Å². The van der Waals surface area contributed by atoms with Crippen molar-refractivity contribution in [1.29, 1.82) is 0 Å². The zero-order chi connectivity index (χ0) is 8.77. The van der Waals surface area contributed by atoms with Crippen LogP contribution in [0.25, 0.3) is 0 Å². The van der Waals surface area contributed by atoms with Gasteiger partial charge in [0.1, 0.15) is 12.0 Å². The topological polar surface area (TPSA) is 63.9 Å². The van der Waals surface area contributed by atoms with Gasteiger partial charge in [-0.2, -0.15) is 0 Å². The van der Waals surface area contributed by atoms with Crippen LogP contribution in [-0.2, 0) is 0 Å². The first-order valence-electron chi connectivity index (χ1n) is 4.53. The SMILES string of the molecule is OC1CC2CCCCC2(O)N1O. The van der Waals surface area contributed by atoms with E-state index in [-0.39, 0.29) is 5.92 Å². The molecule has 0 aromatic heterocycles. The lowest BCUT2D eigenvalue weighted by atomic mass is 9.82. The summed E-state index contributed by atoms with van der Waals surface area (Å²) in [6.45, 7) is 0. The Morgan fingerprint density at radius 3 is 2.75 bits per heavy atom. The van der Waals surface area contributed by atoms with E-state index in [1.54, 1.807) is 0 Å². The molecule has 0 aromatic rings. The number of aliphatic hydroxyl groups excluding tert-OH is 1. The Kier molecular flexibility index (Phi) is 1.88. The molecule has 0 spiro atoms. The smallest absolute Gasteiger partial charge is 0.146 e. The van der Waals surface area contributed by atoms with Crippen LogP contribution in [-0.4, -0.2) is 32.4 Å². The number of rotatable bonds is 0. The van der Waals surface area contributed by atoms with Gasteiger partial charge in [0.25, 0.3) is 0 Å². The van der Waals surface area contributed by atoms with Crippen LogP contribution >= 0.6 is 0 Å². The molecule has 2 fully saturated rings. The lowest BCUT2D eigenvalue weighted by molar-refractivity contribution is -0.303. The molecule has 4 heteroatoms. The number of hydrogen-bond acceptors (Lipinski definition) is 4. The number of hydroxylamine groups is 2. The van der Waals surface area contributed by atoms with E-state index in [9.17, 15) is 15.4 Å². The van der Waals surface area contributed by atoms with E-state index in [2.05, 4.69) is 0 Å². The van der Waals surface area contributed by atoms with Gasteiger partial charge in [-0.3, -0.25) is 0 Å². The van der Waals surface area contributed by atoms with Gasteiger partial charge in [-0.05, 0) is 25.7 Å². The maximum atomic E-state index is 9.97. The van der Waals surface area contributed by atoms with Crippen molar-refractivity contribution in [3.05, 3.63) is 0 Å². The molecule has 1 saturated heterocycles. The van der Waals surface area contributed by atoms with Gasteiger partial charge in [0.2, 0.25) is 0 Å². The molecule has 0 amide bonds. The molecule has 1 heterocycles. The van der Waals surface area contributed by atoms with Crippen LogP contribution in [0.15, 0.2) is 0 Å². The second kappa shape index (κ2) is 2.67. The van der Waals surface area contributed by atoms with Crippen LogP contribution in [0.3, 0.4) is 0 Å². The molecule has 1 saturated carbocycles. The van der Waals surface area contributed by atoms with Crippen LogP contribution in [0.5, 0.6) is 0 Å². The summed E-state index contributed by atoms with van der Waals surface area (Å²) in [5.74, 6) is 0.0475. The van der Waals surface area contributed by atoms with Crippen molar-refractivity contribution in [2.45, 2.75) is 44.1 Å². The van der Waals surface area contributed by atoms with Crippen molar-refractivity contribution >= 4 is 0 Å². The fraction of sp³-hybridized carbons (Fsp3) is 1.00. The minimum atomic E-state index is -1.14. The van der Waals surface area contributed by atoms with Gasteiger partial charge in [0, 0.05) is 5.92 Å². The van der Waals surface area contributed by atoms with Crippen molar-refractivity contribution in [2.24, 2.45) is 5.92 Å². The van der Waals surface area contributed by atoms with Crippen molar-refractivity contribution in [2.75, 3.05) is 0 Å². The summed E-state index contributed by atoms with van der Waals surface area (Å²) in [6, 6.07) is 0. The van der Waals surface area contributed by atoms with E-state index in [1.165, 1.54) is 0 Å². The highest BCUT2D eigenvalue weighted by molar-refractivity contribution is 4.94. The average Bonchev–Trinajstić information content (AvgIpc) is 2.28. The van der Waals surface area contributed by atoms with E-state index in [1.807, 2.05) is 0 Å². The van der Waals surface area contributed by atoms with E-state index in [0.29, 0.717) is 12.8 Å². The number of nitrogens with zero attached hydrogens (tertiary/aromatic N) is 1. The Morgan fingerprint density at radius 2 is 2.08 bits per heavy atom. The molecule has 3 unspecified atom stereocenters. The minimum absolute atomic E-state index is 0.0475. The Labute approximate surface area is 71.4 Å². The molecule has 0 radical (unpaired) electrons. The van der Waals surface area contributed by atoms with Gasteiger partial charge in [-0.15, -0.1) is 5.06 Å². The average molecular weight is 173 g/mol. The molecule has 12 heavy (non-hydrogen) atoms. The van der Waals surface area contributed by atoms with Crippen LogP contribution in [0.1, 0.15) is 32.1 Å². The first-order valence-corrected chi connectivity index (χ1v) is 4.53. The van der Waals surface area contributed by atoms with Crippen molar-refractivity contribution < 1.29 is 15.4 Å². The summed E-state index contributed by atoms with van der Waals surface area (Å²) in [7, 11) is 0. The van der Waals surface area contributed by atoms with E-state index < -0.39 is 12.0 Å². The van der Waals surface area contributed by atoms with Crippen LogP contribution < -0.4 is 0 Å². The summed E-state index contributed by atoms with van der Waals surface area (Å²) >= 11 is 0. The summed E-state index contributed by atoms with van der Waals surface area (Å²) < 4.78 is 0. The Morgan fingerprint density at radius 1 is 1.33 bits per heavy atom. The third-order valence-corrected chi connectivity index (χ3v) is 3.18. The standard InChI is InChI=1S/C8H15NO3/c10-7-5-6-3-1-2-4-8(6,11)9(7)12/h6-7,10-12H,1-5H2. The first kappa shape index (κ1) is 8.44.